The summed E-state index contributed by atoms with van der Waals surface area (Å²) in [5.41, 5.74) is 3.63. The summed E-state index contributed by atoms with van der Waals surface area (Å²) in [5, 5.41) is 3.03. The number of pyridine rings is 1. The molecule has 0 atom stereocenters. The summed E-state index contributed by atoms with van der Waals surface area (Å²) in [6.45, 7) is 2.78. The highest BCUT2D eigenvalue weighted by molar-refractivity contribution is 5.74. The Bertz CT molecular complexity index is 937. The van der Waals surface area contributed by atoms with E-state index < -0.39 is 0 Å². The molecule has 0 spiro atoms. The van der Waals surface area contributed by atoms with Gasteiger partial charge in [-0.25, -0.2) is 4.79 Å². The van der Waals surface area contributed by atoms with Gasteiger partial charge in [0.2, 0.25) is 0 Å². The van der Waals surface area contributed by atoms with Gasteiger partial charge in [0.25, 0.3) is 0 Å². The average molecular weight is 416 g/mol. The van der Waals surface area contributed by atoms with Gasteiger partial charge in [-0.15, -0.1) is 0 Å². The van der Waals surface area contributed by atoms with Crippen molar-refractivity contribution in [2.75, 3.05) is 13.1 Å². The molecule has 1 aliphatic heterocycles. The van der Waals surface area contributed by atoms with Gasteiger partial charge in [0, 0.05) is 32.0 Å². The highest BCUT2D eigenvalue weighted by Gasteiger charge is 2.22. The first-order valence-corrected chi connectivity index (χ1v) is 10.9. The number of urea groups is 1. The van der Waals surface area contributed by atoms with Gasteiger partial charge in [-0.3, -0.25) is 4.98 Å². The smallest absolute Gasteiger partial charge is 0.317 e. The number of nitrogens with zero attached hydrogens (tertiary/aromatic N) is 2. The van der Waals surface area contributed by atoms with E-state index in [2.05, 4.69) is 34.6 Å². The summed E-state index contributed by atoms with van der Waals surface area (Å²) in [6, 6.07) is 22.5. The minimum absolute atomic E-state index is 0.0425. The minimum Gasteiger partial charge on any atom is -0.489 e. The second-order valence-electron chi connectivity index (χ2n) is 8.07. The molecule has 2 heterocycles. The molecule has 1 aliphatic rings. The number of hydrogen-bond acceptors (Lipinski definition) is 3. The third-order valence-corrected chi connectivity index (χ3v) is 5.79. The normalized spacial score (nSPS) is 14.3. The molecule has 1 fully saturated rings. The second kappa shape index (κ2) is 10.6. The van der Waals surface area contributed by atoms with Crippen LogP contribution in [-0.2, 0) is 19.6 Å². The van der Waals surface area contributed by atoms with Crippen LogP contribution in [0.5, 0.6) is 5.75 Å². The summed E-state index contributed by atoms with van der Waals surface area (Å²) in [6.07, 6.45) is 6.62. The zero-order chi connectivity index (χ0) is 21.3. The quantitative estimate of drug-likeness (QED) is 0.602. The van der Waals surface area contributed by atoms with Gasteiger partial charge in [0.15, 0.2) is 0 Å². The molecule has 3 aromatic rings. The lowest BCUT2D eigenvalue weighted by Crippen LogP contribution is -2.44. The van der Waals surface area contributed by atoms with Crippen LogP contribution in [0, 0.1) is 5.92 Å². The Labute approximate surface area is 184 Å². The van der Waals surface area contributed by atoms with Crippen LogP contribution in [0.2, 0.25) is 0 Å². The maximum Gasteiger partial charge on any atom is 0.317 e. The van der Waals surface area contributed by atoms with E-state index in [1.165, 1.54) is 5.56 Å². The number of ether oxygens (including phenoxy) is 1. The van der Waals surface area contributed by atoms with Crippen LogP contribution in [0.3, 0.4) is 0 Å². The van der Waals surface area contributed by atoms with E-state index in [0.29, 0.717) is 19.1 Å². The van der Waals surface area contributed by atoms with Crippen molar-refractivity contribution in [3.05, 3.63) is 95.8 Å². The maximum absolute atomic E-state index is 12.4. The Kier molecular flexibility index (Phi) is 7.16. The number of likely N-dealkylation sites (tertiary alicyclic amines) is 1. The van der Waals surface area contributed by atoms with E-state index in [0.717, 1.165) is 49.2 Å². The molecular weight excluding hydrogens is 386 g/mol. The van der Waals surface area contributed by atoms with Crippen molar-refractivity contribution in [2.24, 2.45) is 5.92 Å². The maximum atomic E-state index is 12.4. The number of carbonyl (C=O) groups is 1. The first kappa shape index (κ1) is 20.9. The summed E-state index contributed by atoms with van der Waals surface area (Å²) < 4.78 is 5.78. The molecule has 2 amide bonds. The monoisotopic (exact) mass is 415 g/mol. The fourth-order valence-electron chi connectivity index (χ4n) is 3.93. The molecule has 2 aromatic carbocycles. The van der Waals surface area contributed by atoms with E-state index in [4.69, 9.17) is 4.74 Å². The standard InChI is InChI=1S/C26H29N3O2/c30-26(28-19-23-4-2-1-3-5-23)29-16-12-22(13-17-29)18-21-6-8-24(9-7-21)20-31-25-10-14-27-15-11-25/h1-11,14-15,22H,12-13,16-20H2,(H,28,30). The van der Waals surface area contributed by atoms with E-state index in [-0.39, 0.29) is 6.03 Å². The van der Waals surface area contributed by atoms with E-state index in [9.17, 15) is 4.79 Å². The van der Waals surface area contributed by atoms with Crippen LogP contribution >= 0.6 is 0 Å². The molecule has 0 bridgehead atoms. The van der Waals surface area contributed by atoms with Gasteiger partial charge >= 0.3 is 6.03 Å². The Balaban J connectivity index is 1.18. The number of amides is 2. The van der Waals surface area contributed by atoms with E-state index >= 15 is 0 Å². The van der Waals surface area contributed by atoms with Gasteiger partial charge in [-0.05, 0) is 54.0 Å². The van der Waals surface area contributed by atoms with Crippen LogP contribution in [0.25, 0.3) is 0 Å². The van der Waals surface area contributed by atoms with Gasteiger partial charge in [0.1, 0.15) is 12.4 Å². The molecule has 0 unspecified atom stereocenters. The number of aromatic nitrogens is 1. The van der Waals surface area contributed by atoms with E-state index in [1.807, 2.05) is 47.4 Å². The molecule has 4 rings (SSSR count). The lowest BCUT2D eigenvalue weighted by Gasteiger charge is -2.32. The van der Waals surface area contributed by atoms with E-state index in [1.54, 1.807) is 12.4 Å². The third-order valence-electron chi connectivity index (χ3n) is 5.79. The Morgan fingerprint density at radius 1 is 0.903 bits per heavy atom. The fourth-order valence-corrected chi connectivity index (χ4v) is 3.93. The summed E-state index contributed by atoms with van der Waals surface area (Å²) >= 11 is 0. The van der Waals surface area contributed by atoms with Crippen LogP contribution in [0.4, 0.5) is 4.79 Å². The predicted octanol–water partition coefficient (Wildman–Crippen LogP) is 4.82. The van der Waals surface area contributed by atoms with Crippen molar-refractivity contribution in [1.29, 1.82) is 0 Å². The number of rotatable bonds is 7. The first-order chi connectivity index (χ1) is 15.3. The molecule has 0 radical (unpaired) electrons. The second-order valence-corrected chi connectivity index (χ2v) is 8.07. The number of benzene rings is 2. The summed E-state index contributed by atoms with van der Waals surface area (Å²) in [4.78, 5) is 18.4. The lowest BCUT2D eigenvalue weighted by molar-refractivity contribution is 0.170. The van der Waals surface area contributed by atoms with Crippen molar-refractivity contribution in [3.63, 3.8) is 0 Å². The molecule has 5 heteroatoms. The number of nitrogens with one attached hydrogen (secondary N) is 1. The molecule has 1 aromatic heterocycles. The highest BCUT2D eigenvalue weighted by atomic mass is 16.5. The minimum atomic E-state index is 0.0425. The molecule has 5 nitrogen and oxygen atoms in total. The Morgan fingerprint density at radius 2 is 1.58 bits per heavy atom. The SMILES string of the molecule is O=C(NCc1ccccc1)N1CCC(Cc2ccc(COc3ccncc3)cc2)CC1. The average Bonchev–Trinajstić information content (AvgIpc) is 2.84. The van der Waals surface area contributed by atoms with Crippen LogP contribution < -0.4 is 10.1 Å². The summed E-state index contributed by atoms with van der Waals surface area (Å²) in [5.74, 6) is 1.45. The number of piperidine rings is 1. The van der Waals surface area contributed by atoms with Crippen LogP contribution in [-0.4, -0.2) is 29.0 Å². The molecular formula is C26H29N3O2. The summed E-state index contributed by atoms with van der Waals surface area (Å²) in [7, 11) is 0. The largest absolute Gasteiger partial charge is 0.489 e. The Hall–Kier alpha value is -3.34. The van der Waals surface area contributed by atoms with Gasteiger partial charge in [0.05, 0.1) is 0 Å². The topological polar surface area (TPSA) is 54.5 Å². The van der Waals surface area contributed by atoms with Crippen molar-refractivity contribution in [3.8, 4) is 5.75 Å². The molecule has 160 valence electrons. The third kappa shape index (κ3) is 6.32. The van der Waals surface area contributed by atoms with Gasteiger partial charge in [-0.1, -0.05) is 54.6 Å². The number of hydrogen-bond donors (Lipinski definition) is 1. The first-order valence-electron chi connectivity index (χ1n) is 10.9. The molecule has 1 N–H and O–H groups in total. The number of carbonyl (C=O) groups excluding carboxylic acids is 1. The molecule has 31 heavy (non-hydrogen) atoms. The van der Waals surface area contributed by atoms with Crippen LogP contribution in [0.15, 0.2) is 79.1 Å². The van der Waals surface area contributed by atoms with Gasteiger partial charge in [-0.2, -0.15) is 0 Å². The Morgan fingerprint density at radius 3 is 2.29 bits per heavy atom. The molecule has 0 aliphatic carbocycles. The zero-order valence-electron chi connectivity index (χ0n) is 17.7. The zero-order valence-corrected chi connectivity index (χ0v) is 17.7. The predicted molar refractivity (Wildman–Crippen MR) is 122 cm³/mol. The van der Waals surface area contributed by atoms with Crippen LogP contribution in [0.1, 0.15) is 29.5 Å². The molecule has 0 saturated carbocycles. The highest BCUT2D eigenvalue weighted by Crippen LogP contribution is 2.22. The van der Waals surface area contributed by atoms with Crippen molar-refractivity contribution < 1.29 is 9.53 Å². The fraction of sp³-hybridized carbons (Fsp3) is 0.308. The van der Waals surface area contributed by atoms with Gasteiger partial charge < -0.3 is 15.0 Å². The van der Waals surface area contributed by atoms with Crippen molar-refractivity contribution in [1.82, 2.24) is 15.2 Å². The van der Waals surface area contributed by atoms with Crippen molar-refractivity contribution in [2.45, 2.75) is 32.4 Å². The van der Waals surface area contributed by atoms with Crippen molar-refractivity contribution >= 4 is 6.03 Å². The lowest BCUT2D eigenvalue weighted by atomic mass is 9.90. The molecule has 1 saturated heterocycles.